The number of likely N-dealkylation sites (tertiary alicyclic amines) is 1. The van der Waals surface area contributed by atoms with Gasteiger partial charge in [-0.15, -0.1) is 0 Å². The number of piperidine rings is 1. The number of nitrogens with zero attached hydrogens (tertiary/aromatic N) is 1. The number of hydrogen-bond acceptors (Lipinski definition) is 4. The van der Waals surface area contributed by atoms with Gasteiger partial charge in [0, 0.05) is 48.3 Å². The lowest BCUT2D eigenvalue weighted by Crippen LogP contribution is -2.45. The summed E-state index contributed by atoms with van der Waals surface area (Å²) in [5.41, 5.74) is 4.14. The zero-order valence-electron chi connectivity index (χ0n) is 17.7. The van der Waals surface area contributed by atoms with Crippen LogP contribution in [-0.2, 0) is 4.79 Å². The van der Waals surface area contributed by atoms with Crippen molar-refractivity contribution in [3.63, 3.8) is 0 Å². The van der Waals surface area contributed by atoms with Crippen LogP contribution in [0.4, 0.5) is 10.1 Å². The van der Waals surface area contributed by atoms with E-state index in [1.54, 1.807) is 12.1 Å². The predicted octanol–water partition coefficient (Wildman–Crippen LogP) is 2.45. The number of benzene rings is 1. The smallest absolute Gasteiger partial charge is 0.256 e. The van der Waals surface area contributed by atoms with Crippen molar-refractivity contribution >= 4 is 29.2 Å². The fraction of sp³-hybridized carbons (Fsp3) is 0.391. The van der Waals surface area contributed by atoms with Crippen molar-refractivity contribution in [2.75, 3.05) is 31.6 Å². The maximum Gasteiger partial charge on any atom is 0.256 e. The monoisotopic (exact) mass is 426 g/mol. The number of aliphatic hydroxyl groups excluding tert-OH is 1. The fourth-order valence-electron chi connectivity index (χ4n) is 4.41. The van der Waals surface area contributed by atoms with Gasteiger partial charge in [0.05, 0.1) is 17.7 Å². The maximum atomic E-state index is 13.7. The van der Waals surface area contributed by atoms with Crippen molar-refractivity contribution in [2.45, 2.75) is 32.7 Å². The van der Waals surface area contributed by atoms with Gasteiger partial charge in [-0.25, -0.2) is 4.39 Å². The van der Waals surface area contributed by atoms with Gasteiger partial charge in [0.15, 0.2) is 0 Å². The molecule has 0 bridgehead atoms. The van der Waals surface area contributed by atoms with Gasteiger partial charge >= 0.3 is 0 Å². The number of amides is 2. The van der Waals surface area contributed by atoms with Crippen LogP contribution in [0.2, 0.25) is 0 Å². The first-order chi connectivity index (χ1) is 14.9. The second-order valence-corrected chi connectivity index (χ2v) is 8.18. The molecule has 0 radical (unpaired) electrons. The van der Waals surface area contributed by atoms with Crippen molar-refractivity contribution < 1.29 is 19.1 Å². The molecule has 0 unspecified atom stereocenters. The summed E-state index contributed by atoms with van der Waals surface area (Å²) in [4.78, 5) is 30.8. The Hall–Kier alpha value is -2.97. The molecule has 1 saturated heterocycles. The van der Waals surface area contributed by atoms with Crippen LogP contribution in [0.25, 0.3) is 11.6 Å². The molecule has 0 saturated carbocycles. The zero-order valence-corrected chi connectivity index (χ0v) is 17.7. The van der Waals surface area contributed by atoms with E-state index in [0.29, 0.717) is 34.6 Å². The highest BCUT2D eigenvalue weighted by atomic mass is 19.1. The molecule has 3 heterocycles. The van der Waals surface area contributed by atoms with E-state index in [9.17, 15) is 14.0 Å². The quantitative estimate of drug-likeness (QED) is 0.552. The van der Waals surface area contributed by atoms with Crippen LogP contribution in [0, 0.1) is 19.7 Å². The zero-order chi connectivity index (χ0) is 22.1. The van der Waals surface area contributed by atoms with Gasteiger partial charge in [-0.3, -0.25) is 9.59 Å². The van der Waals surface area contributed by atoms with E-state index < -0.39 is 5.82 Å². The Bertz CT molecular complexity index is 1050. The maximum absolute atomic E-state index is 13.7. The summed E-state index contributed by atoms with van der Waals surface area (Å²) >= 11 is 0. The third-order valence-corrected chi connectivity index (χ3v) is 6.10. The molecule has 1 aromatic heterocycles. The molecule has 0 spiro atoms. The summed E-state index contributed by atoms with van der Waals surface area (Å²) < 4.78 is 13.7. The SMILES string of the molecule is Cc1[nH]c(C=C2C(=O)Nc3ccc(F)cc32)c(C)c1C(=O)NC1CCN(CCO)CC1. The molecule has 1 aromatic carbocycles. The molecule has 2 aliphatic heterocycles. The summed E-state index contributed by atoms with van der Waals surface area (Å²) in [6, 6.07) is 4.28. The van der Waals surface area contributed by atoms with Gasteiger partial charge in [-0.1, -0.05) is 0 Å². The third kappa shape index (κ3) is 4.26. The van der Waals surface area contributed by atoms with Crippen LogP contribution >= 0.6 is 0 Å². The van der Waals surface area contributed by atoms with Crippen molar-refractivity contribution in [1.82, 2.24) is 15.2 Å². The Kier molecular flexibility index (Phi) is 5.93. The molecule has 0 aliphatic carbocycles. The Morgan fingerprint density at radius 1 is 1.32 bits per heavy atom. The van der Waals surface area contributed by atoms with Crippen molar-refractivity contribution in [3.05, 3.63) is 52.1 Å². The molecule has 0 atom stereocenters. The van der Waals surface area contributed by atoms with Crippen LogP contribution in [0.1, 0.15) is 45.7 Å². The number of H-pyrrole nitrogens is 1. The van der Waals surface area contributed by atoms with Crippen molar-refractivity contribution in [1.29, 1.82) is 0 Å². The Balaban J connectivity index is 1.53. The average molecular weight is 426 g/mol. The second-order valence-electron chi connectivity index (χ2n) is 8.18. The number of rotatable bonds is 5. The van der Waals surface area contributed by atoms with Gasteiger partial charge in [-0.05, 0) is 56.5 Å². The molecule has 2 aliphatic rings. The number of nitrogens with one attached hydrogen (secondary N) is 3. The van der Waals surface area contributed by atoms with Crippen LogP contribution in [0.3, 0.4) is 0 Å². The minimum Gasteiger partial charge on any atom is -0.395 e. The molecule has 31 heavy (non-hydrogen) atoms. The highest BCUT2D eigenvalue weighted by molar-refractivity contribution is 6.34. The van der Waals surface area contributed by atoms with E-state index in [4.69, 9.17) is 5.11 Å². The minimum atomic E-state index is -0.411. The molecule has 164 valence electrons. The largest absolute Gasteiger partial charge is 0.395 e. The molecule has 7 nitrogen and oxygen atoms in total. The number of aromatic nitrogens is 1. The first kappa shape index (κ1) is 21.3. The van der Waals surface area contributed by atoms with Gasteiger partial charge < -0.3 is 25.6 Å². The average Bonchev–Trinajstić information content (AvgIpc) is 3.19. The van der Waals surface area contributed by atoms with E-state index in [1.165, 1.54) is 12.1 Å². The lowest BCUT2D eigenvalue weighted by atomic mass is 10.0. The number of aromatic amines is 1. The molecular formula is C23H27FN4O3. The van der Waals surface area contributed by atoms with E-state index in [-0.39, 0.29) is 24.5 Å². The number of hydrogen-bond donors (Lipinski definition) is 4. The number of carbonyl (C=O) groups excluding carboxylic acids is 2. The van der Waals surface area contributed by atoms with Gasteiger partial charge in [0.1, 0.15) is 5.82 Å². The minimum absolute atomic E-state index is 0.0911. The summed E-state index contributed by atoms with van der Waals surface area (Å²) in [6.45, 7) is 6.17. The van der Waals surface area contributed by atoms with E-state index in [0.717, 1.165) is 37.2 Å². The fourth-order valence-corrected chi connectivity index (χ4v) is 4.41. The third-order valence-electron chi connectivity index (χ3n) is 6.10. The van der Waals surface area contributed by atoms with Crippen LogP contribution in [-0.4, -0.2) is 59.1 Å². The summed E-state index contributed by atoms with van der Waals surface area (Å²) in [5, 5.41) is 14.9. The molecule has 4 rings (SSSR count). The molecule has 2 amide bonds. The molecule has 4 N–H and O–H groups in total. The number of β-amino-alcohol motifs (C(OH)–C–C–N with tert-alkyl or cyclic N) is 1. The normalized spacial score (nSPS) is 18.3. The number of anilines is 1. The lowest BCUT2D eigenvalue weighted by molar-refractivity contribution is -0.110. The molecule has 8 heteroatoms. The van der Waals surface area contributed by atoms with E-state index in [2.05, 4.69) is 20.5 Å². The Morgan fingerprint density at radius 2 is 2.06 bits per heavy atom. The van der Waals surface area contributed by atoms with Crippen LogP contribution in [0.15, 0.2) is 18.2 Å². The predicted molar refractivity (Wildman–Crippen MR) is 117 cm³/mol. The number of aliphatic hydroxyl groups is 1. The van der Waals surface area contributed by atoms with E-state index in [1.807, 2.05) is 13.8 Å². The standard InChI is InChI=1S/C23H27FN4O3/c1-13-20(12-18-17-11-15(24)3-4-19(17)27-22(18)30)25-14(2)21(13)23(31)26-16-5-7-28(8-6-16)9-10-29/h3-4,11-12,16,25,29H,5-10H2,1-2H3,(H,26,31)(H,27,30). The highest BCUT2D eigenvalue weighted by Gasteiger charge is 2.27. The number of carbonyl (C=O) groups is 2. The Morgan fingerprint density at radius 3 is 2.77 bits per heavy atom. The number of aryl methyl sites for hydroxylation is 1. The van der Waals surface area contributed by atoms with Gasteiger partial charge in [0.25, 0.3) is 11.8 Å². The molecule has 1 fully saturated rings. The van der Waals surface area contributed by atoms with Crippen molar-refractivity contribution in [3.8, 4) is 0 Å². The van der Waals surface area contributed by atoms with Crippen molar-refractivity contribution in [2.24, 2.45) is 0 Å². The topological polar surface area (TPSA) is 97.5 Å². The number of fused-ring (bicyclic) bond motifs is 1. The van der Waals surface area contributed by atoms with Crippen LogP contribution in [0.5, 0.6) is 0 Å². The first-order valence-corrected chi connectivity index (χ1v) is 10.5. The summed E-state index contributed by atoms with van der Waals surface area (Å²) in [7, 11) is 0. The Labute approximate surface area is 180 Å². The lowest BCUT2D eigenvalue weighted by Gasteiger charge is -2.31. The van der Waals surface area contributed by atoms with Crippen LogP contribution < -0.4 is 10.6 Å². The van der Waals surface area contributed by atoms with Gasteiger partial charge in [0.2, 0.25) is 0 Å². The first-order valence-electron chi connectivity index (χ1n) is 10.5. The number of halogens is 1. The summed E-state index contributed by atoms with van der Waals surface area (Å²) in [6.07, 6.45) is 3.36. The molecular weight excluding hydrogens is 399 g/mol. The van der Waals surface area contributed by atoms with E-state index >= 15 is 0 Å². The van der Waals surface area contributed by atoms with Gasteiger partial charge in [-0.2, -0.15) is 0 Å². The summed E-state index contributed by atoms with van der Waals surface area (Å²) in [5.74, 6) is -0.850. The second kappa shape index (κ2) is 8.64. The molecule has 2 aromatic rings. The highest BCUT2D eigenvalue weighted by Crippen LogP contribution is 2.34.